The van der Waals surface area contributed by atoms with E-state index in [2.05, 4.69) is 0 Å². The average Bonchev–Trinajstić information content (AvgIpc) is 2.03. The third-order valence-electron chi connectivity index (χ3n) is 1.63. The number of rotatable bonds is 2. The van der Waals surface area contributed by atoms with E-state index in [4.69, 9.17) is 4.55 Å². The summed E-state index contributed by atoms with van der Waals surface area (Å²) in [6.45, 7) is 0. The summed E-state index contributed by atoms with van der Waals surface area (Å²) in [7, 11) is -0.496. The SMILES string of the molecule is CN(C)c1cccc(S(=O)(=O)O)c1.[NaH]. The summed E-state index contributed by atoms with van der Waals surface area (Å²) in [6, 6.07) is 6.10. The van der Waals surface area contributed by atoms with E-state index in [1.165, 1.54) is 12.1 Å². The summed E-state index contributed by atoms with van der Waals surface area (Å²) >= 11 is 0. The van der Waals surface area contributed by atoms with Gasteiger partial charge in [0.05, 0.1) is 4.90 Å². The third-order valence-corrected chi connectivity index (χ3v) is 2.48. The molecule has 0 fully saturated rings. The molecule has 0 atom stereocenters. The fraction of sp³-hybridized carbons (Fsp3) is 0.250. The monoisotopic (exact) mass is 225 g/mol. The molecule has 1 aromatic rings. The van der Waals surface area contributed by atoms with Crippen molar-refractivity contribution in [2.45, 2.75) is 4.90 Å². The van der Waals surface area contributed by atoms with Crippen LogP contribution in [0.15, 0.2) is 29.2 Å². The van der Waals surface area contributed by atoms with Crippen LogP contribution >= 0.6 is 0 Å². The molecule has 0 aliphatic heterocycles. The van der Waals surface area contributed by atoms with E-state index in [0.717, 1.165) is 5.69 Å². The third kappa shape index (κ3) is 3.59. The molecule has 0 saturated carbocycles. The van der Waals surface area contributed by atoms with Crippen LogP contribution in [0.25, 0.3) is 0 Å². The van der Waals surface area contributed by atoms with Crippen LogP contribution in [0.5, 0.6) is 0 Å². The Kier molecular flexibility index (Phi) is 5.11. The van der Waals surface area contributed by atoms with Crippen LogP contribution in [0.1, 0.15) is 0 Å². The Hall–Kier alpha value is -0.0700. The quantitative estimate of drug-likeness (QED) is 0.583. The van der Waals surface area contributed by atoms with Crippen LogP contribution in [-0.4, -0.2) is 56.6 Å². The predicted molar refractivity (Wildman–Crippen MR) is 57.7 cm³/mol. The Bertz CT molecular complexity index is 403. The van der Waals surface area contributed by atoms with E-state index in [9.17, 15) is 8.42 Å². The Labute approximate surface area is 106 Å². The van der Waals surface area contributed by atoms with Crippen molar-refractivity contribution in [1.29, 1.82) is 0 Å². The molecule has 0 aromatic heterocycles. The van der Waals surface area contributed by atoms with Crippen molar-refractivity contribution in [3.8, 4) is 0 Å². The molecular weight excluding hydrogens is 213 g/mol. The van der Waals surface area contributed by atoms with E-state index in [-0.39, 0.29) is 34.5 Å². The van der Waals surface area contributed by atoms with Gasteiger partial charge in [-0.2, -0.15) is 8.42 Å². The van der Waals surface area contributed by atoms with Gasteiger partial charge in [0.1, 0.15) is 0 Å². The number of hydrogen-bond acceptors (Lipinski definition) is 3. The minimum atomic E-state index is -4.09. The van der Waals surface area contributed by atoms with Crippen molar-refractivity contribution in [2.24, 2.45) is 0 Å². The topological polar surface area (TPSA) is 57.6 Å². The van der Waals surface area contributed by atoms with Gasteiger partial charge in [-0.25, -0.2) is 0 Å². The summed E-state index contributed by atoms with van der Waals surface area (Å²) in [4.78, 5) is 1.67. The zero-order valence-electron chi connectivity index (χ0n) is 7.43. The van der Waals surface area contributed by atoms with Crippen molar-refractivity contribution in [2.75, 3.05) is 19.0 Å². The molecule has 14 heavy (non-hydrogen) atoms. The van der Waals surface area contributed by atoms with Crippen molar-refractivity contribution >= 4 is 45.4 Å². The standard InChI is InChI=1S/C8H11NO3S.Na.H/c1-9(2)7-4-3-5-8(6-7)13(10,11)12;;/h3-6H,1-2H3,(H,10,11,12);;. The van der Waals surface area contributed by atoms with Crippen molar-refractivity contribution < 1.29 is 13.0 Å². The molecule has 0 aliphatic rings. The number of nitrogens with zero attached hydrogens (tertiary/aromatic N) is 1. The number of anilines is 1. The van der Waals surface area contributed by atoms with Gasteiger partial charge in [-0.3, -0.25) is 4.55 Å². The van der Waals surface area contributed by atoms with E-state index in [1.54, 1.807) is 31.1 Å². The van der Waals surface area contributed by atoms with Gasteiger partial charge >= 0.3 is 29.6 Å². The van der Waals surface area contributed by atoms with Crippen LogP contribution in [0.2, 0.25) is 0 Å². The molecule has 0 saturated heterocycles. The normalized spacial score (nSPS) is 10.5. The van der Waals surface area contributed by atoms with Gasteiger partial charge < -0.3 is 4.90 Å². The first-order valence-corrected chi connectivity index (χ1v) is 5.10. The van der Waals surface area contributed by atoms with Gasteiger partial charge in [-0.15, -0.1) is 0 Å². The maximum absolute atomic E-state index is 10.7. The summed E-state index contributed by atoms with van der Waals surface area (Å²) in [5.41, 5.74) is 0.732. The number of benzene rings is 1. The molecular formula is C8H12NNaO3S. The molecule has 0 amide bonds. The summed E-state index contributed by atoms with van der Waals surface area (Å²) in [5.74, 6) is 0. The summed E-state index contributed by atoms with van der Waals surface area (Å²) in [6.07, 6.45) is 0. The van der Waals surface area contributed by atoms with E-state index < -0.39 is 10.1 Å². The second-order valence-electron chi connectivity index (χ2n) is 2.87. The first kappa shape index (κ1) is 13.9. The van der Waals surface area contributed by atoms with E-state index >= 15 is 0 Å². The van der Waals surface area contributed by atoms with E-state index in [1.807, 2.05) is 0 Å². The fourth-order valence-corrected chi connectivity index (χ4v) is 1.44. The summed E-state index contributed by atoms with van der Waals surface area (Å²) in [5, 5.41) is 0. The Balaban J connectivity index is 0.00000169. The molecule has 0 radical (unpaired) electrons. The molecule has 1 N–H and O–H groups in total. The van der Waals surface area contributed by atoms with Crippen LogP contribution in [0.4, 0.5) is 5.69 Å². The van der Waals surface area contributed by atoms with E-state index in [0.29, 0.717) is 0 Å². The van der Waals surface area contributed by atoms with Gasteiger partial charge in [0.25, 0.3) is 10.1 Å². The first-order valence-electron chi connectivity index (χ1n) is 3.66. The first-order chi connectivity index (χ1) is 5.91. The predicted octanol–water partition coefficient (Wildman–Crippen LogP) is 0.351. The second-order valence-corrected chi connectivity index (χ2v) is 4.29. The zero-order chi connectivity index (χ0) is 10.1. The van der Waals surface area contributed by atoms with Gasteiger partial charge in [0.15, 0.2) is 0 Å². The Morgan fingerprint density at radius 3 is 2.29 bits per heavy atom. The molecule has 6 heteroatoms. The molecule has 0 aliphatic carbocycles. The zero-order valence-corrected chi connectivity index (χ0v) is 8.25. The molecule has 0 heterocycles. The maximum atomic E-state index is 10.7. The minimum absolute atomic E-state index is 0. The van der Waals surface area contributed by atoms with Gasteiger partial charge in [0, 0.05) is 19.8 Å². The van der Waals surface area contributed by atoms with Crippen molar-refractivity contribution in [1.82, 2.24) is 0 Å². The van der Waals surface area contributed by atoms with Crippen LogP contribution < -0.4 is 4.90 Å². The summed E-state index contributed by atoms with van der Waals surface area (Å²) < 4.78 is 30.2. The van der Waals surface area contributed by atoms with Crippen molar-refractivity contribution in [3.05, 3.63) is 24.3 Å². The molecule has 74 valence electrons. The number of hydrogen-bond donors (Lipinski definition) is 1. The average molecular weight is 225 g/mol. The van der Waals surface area contributed by atoms with Gasteiger partial charge in [-0.1, -0.05) is 6.07 Å². The molecule has 0 spiro atoms. The van der Waals surface area contributed by atoms with Crippen LogP contribution in [-0.2, 0) is 10.1 Å². The van der Waals surface area contributed by atoms with Crippen LogP contribution in [0, 0.1) is 0 Å². The van der Waals surface area contributed by atoms with Crippen molar-refractivity contribution in [3.63, 3.8) is 0 Å². The molecule has 0 unspecified atom stereocenters. The molecule has 1 aromatic carbocycles. The van der Waals surface area contributed by atoms with Crippen LogP contribution in [0.3, 0.4) is 0 Å². The molecule has 4 nitrogen and oxygen atoms in total. The fourth-order valence-electron chi connectivity index (χ4n) is 0.922. The molecule has 1 rings (SSSR count). The Morgan fingerprint density at radius 2 is 1.86 bits per heavy atom. The second kappa shape index (κ2) is 5.14. The Morgan fingerprint density at radius 1 is 1.29 bits per heavy atom. The van der Waals surface area contributed by atoms with Gasteiger partial charge in [0.2, 0.25) is 0 Å². The molecule has 0 bridgehead atoms. The van der Waals surface area contributed by atoms with Gasteiger partial charge in [-0.05, 0) is 18.2 Å².